The molecule has 10 unspecified atom stereocenters. The fraction of sp³-hybridized carbons (Fsp3) is 0.962. The summed E-state index contributed by atoms with van der Waals surface area (Å²) in [6.45, 7) is 11.6. The lowest BCUT2D eigenvalue weighted by Gasteiger charge is -2.63. The summed E-state index contributed by atoms with van der Waals surface area (Å²) in [6.07, 6.45) is 8.86. The molecule has 174 valence electrons. The molecule has 30 heavy (non-hydrogen) atoms. The molecule has 0 aromatic rings. The van der Waals surface area contributed by atoms with E-state index in [-0.39, 0.29) is 35.4 Å². The van der Waals surface area contributed by atoms with Crippen LogP contribution in [0.25, 0.3) is 0 Å². The summed E-state index contributed by atoms with van der Waals surface area (Å²) >= 11 is 0. The van der Waals surface area contributed by atoms with Crippen molar-refractivity contribution < 1.29 is 20.1 Å². The zero-order valence-corrected chi connectivity index (χ0v) is 19.9. The number of carboxylic acids is 1. The van der Waals surface area contributed by atoms with Gasteiger partial charge in [0.25, 0.3) is 0 Å². The van der Waals surface area contributed by atoms with E-state index in [4.69, 9.17) is 5.11 Å². The van der Waals surface area contributed by atoms with Crippen molar-refractivity contribution in [3.8, 4) is 0 Å². The zero-order chi connectivity index (χ0) is 22.3. The van der Waals surface area contributed by atoms with Gasteiger partial charge < -0.3 is 15.3 Å². The maximum absolute atomic E-state index is 11.5. The largest absolute Gasteiger partial charge is 0.481 e. The van der Waals surface area contributed by atoms with Gasteiger partial charge in [0.05, 0.1) is 12.2 Å². The molecule has 0 aromatic carbocycles. The molecule has 0 saturated heterocycles. The highest BCUT2D eigenvalue weighted by molar-refractivity contribution is 5.66. The second-order valence-electron chi connectivity index (χ2n) is 11.7. The van der Waals surface area contributed by atoms with Gasteiger partial charge in [-0.25, -0.2) is 0 Å². The molecule has 3 saturated carbocycles. The summed E-state index contributed by atoms with van der Waals surface area (Å²) in [6, 6.07) is 0. The van der Waals surface area contributed by atoms with Crippen LogP contribution in [-0.4, -0.2) is 33.5 Å². The third kappa shape index (κ3) is 4.20. The van der Waals surface area contributed by atoms with Crippen molar-refractivity contribution in [1.29, 1.82) is 0 Å². The molecule has 0 spiro atoms. The highest BCUT2D eigenvalue weighted by atomic mass is 16.4. The van der Waals surface area contributed by atoms with Gasteiger partial charge in [-0.1, -0.05) is 47.5 Å². The Morgan fingerprint density at radius 3 is 2.40 bits per heavy atom. The lowest BCUT2D eigenvalue weighted by atomic mass is 9.42. The molecular weight excluding hydrogens is 376 g/mol. The summed E-state index contributed by atoms with van der Waals surface area (Å²) in [5.41, 5.74) is 0.409. The number of carboxylic acid groups (broad SMARTS) is 1. The first-order valence-electron chi connectivity index (χ1n) is 12.6. The van der Waals surface area contributed by atoms with Crippen LogP contribution in [0.15, 0.2) is 0 Å². The highest BCUT2D eigenvalue weighted by Gasteiger charge is 2.60. The Balaban J connectivity index is 1.84. The van der Waals surface area contributed by atoms with Gasteiger partial charge in [0.15, 0.2) is 0 Å². The smallest absolute Gasteiger partial charge is 0.303 e. The molecule has 3 rings (SSSR count). The normalized spacial score (nSPS) is 45.8. The number of fused-ring (bicyclic) bond motifs is 3. The molecule has 4 heteroatoms. The number of aliphatic carboxylic acids is 1. The molecule has 0 heterocycles. The van der Waals surface area contributed by atoms with E-state index in [1.807, 2.05) is 0 Å². The van der Waals surface area contributed by atoms with Crippen molar-refractivity contribution in [3.05, 3.63) is 0 Å². The lowest BCUT2D eigenvalue weighted by molar-refractivity contribution is -0.188. The van der Waals surface area contributed by atoms with Crippen molar-refractivity contribution in [3.63, 3.8) is 0 Å². The van der Waals surface area contributed by atoms with Crippen LogP contribution in [0, 0.1) is 46.3 Å². The van der Waals surface area contributed by atoms with E-state index >= 15 is 0 Å². The van der Waals surface area contributed by atoms with Crippen molar-refractivity contribution in [2.24, 2.45) is 46.3 Å². The summed E-state index contributed by atoms with van der Waals surface area (Å²) < 4.78 is 0. The topological polar surface area (TPSA) is 77.8 Å². The van der Waals surface area contributed by atoms with Crippen molar-refractivity contribution in [2.75, 3.05) is 0 Å². The Bertz CT molecular complexity index is 606. The van der Waals surface area contributed by atoms with E-state index < -0.39 is 5.97 Å². The molecular formula is C26H46O4. The number of rotatable bonds is 7. The summed E-state index contributed by atoms with van der Waals surface area (Å²) in [5.74, 6) is 1.81. The van der Waals surface area contributed by atoms with Crippen LogP contribution in [0.1, 0.15) is 98.8 Å². The maximum atomic E-state index is 11.5. The van der Waals surface area contributed by atoms with Crippen molar-refractivity contribution in [1.82, 2.24) is 0 Å². The van der Waals surface area contributed by atoms with E-state index in [9.17, 15) is 15.0 Å². The van der Waals surface area contributed by atoms with Gasteiger partial charge in [-0.15, -0.1) is 0 Å². The molecule has 3 aliphatic carbocycles. The lowest BCUT2D eigenvalue weighted by Crippen LogP contribution is -2.60. The molecule has 0 radical (unpaired) electrons. The Morgan fingerprint density at radius 2 is 1.80 bits per heavy atom. The summed E-state index contributed by atoms with van der Waals surface area (Å²) in [7, 11) is 0. The molecule has 0 aromatic heterocycles. The molecule has 0 aliphatic heterocycles. The first-order valence-corrected chi connectivity index (χ1v) is 12.6. The summed E-state index contributed by atoms with van der Waals surface area (Å²) in [4.78, 5) is 11.1. The highest BCUT2D eigenvalue weighted by Crippen LogP contribution is 2.64. The Labute approximate surface area is 183 Å². The van der Waals surface area contributed by atoms with Crippen LogP contribution in [0.3, 0.4) is 0 Å². The van der Waals surface area contributed by atoms with Gasteiger partial charge in [-0.3, -0.25) is 4.79 Å². The van der Waals surface area contributed by atoms with Gasteiger partial charge in [-0.2, -0.15) is 0 Å². The summed E-state index contributed by atoms with van der Waals surface area (Å²) in [5, 5.41) is 31.1. The second-order valence-corrected chi connectivity index (χ2v) is 11.7. The number of aliphatic hydroxyl groups excluding tert-OH is 2. The Morgan fingerprint density at radius 1 is 1.10 bits per heavy atom. The van der Waals surface area contributed by atoms with E-state index in [2.05, 4.69) is 34.6 Å². The maximum Gasteiger partial charge on any atom is 0.303 e. The quantitative estimate of drug-likeness (QED) is 0.506. The van der Waals surface area contributed by atoms with Gasteiger partial charge in [0, 0.05) is 6.42 Å². The third-order valence-electron chi connectivity index (χ3n) is 10.2. The van der Waals surface area contributed by atoms with Crippen LogP contribution < -0.4 is 0 Å². The molecule has 0 amide bonds. The molecule has 4 nitrogen and oxygen atoms in total. The number of aliphatic hydroxyl groups is 2. The van der Waals surface area contributed by atoms with Crippen molar-refractivity contribution in [2.45, 2.75) is 111 Å². The first kappa shape index (κ1) is 24.0. The minimum Gasteiger partial charge on any atom is -0.481 e. The molecule has 0 bridgehead atoms. The predicted octanol–water partition coefficient (Wildman–Crippen LogP) is 5.50. The number of hydrogen-bond acceptors (Lipinski definition) is 3. The zero-order valence-electron chi connectivity index (χ0n) is 19.9. The molecule has 3 fully saturated rings. The Hall–Kier alpha value is -0.610. The monoisotopic (exact) mass is 422 g/mol. The first-order chi connectivity index (χ1) is 14.1. The van der Waals surface area contributed by atoms with Crippen LogP contribution in [0.4, 0.5) is 0 Å². The van der Waals surface area contributed by atoms with E-state index in [1.54, 1.807) is 0 Å². The van der Waals surface area contributed by atoms with E-state index in [0.29, 0.717) is 29.6 Å². The second kappa shape index (κ2) is 9.10. The number of carbonyl (C=O) groups is 1. The van der Waals surface area contributed by atoms with Crippen molar-refractivity contribution >= 4 is 5.97 Å². The van der Waals surface area contributed by atoms with Crippen LogP contribution in [-0.2, 0) is 4.79 Å². The van der Waals surface area contributed by atoms with E-state index in [0.717, 1.165) is 44.9 Å². The van der Waals surface area contributed by atoms with E-state index in [1.165, 1.54) is 12.8 Å². The van der Waals surface area contributed by atoms with Crippen LogP contribution >= 0.6 is 0 Å². The minimum atomic E-state index is -0.697. The Kier molecular flexibility index (Phi) is 7.29. The van der Waals surface area contributed by atoms with Gasteiger partial charge >= 0.3 is 5.97 Å². The molecule has 3 aliphatic rings. The average Bonchev–Trinajstić information content (AvgIpc) is 2.69. The molecule has 10 atom stereocenters. The average molecular weight is 423 g/mol. The third-order valence-corrected chi connectivity index (χ3v) is 10.2. The fourth-order valence-electron chi connectivity index (χ4n) is 8.68. The fourth-order valence-corrected chi connectivity index (χ4v) is 8.68. The van der Waals surface area contributed by atoms with Gasteiger partial charge in [0.2, 0.25) is 0 Å². The molecule has 3 N–H and O–H groups in total. The van der Waals surface area contributed by atoms with Gasteiger partial charge in [-0.05, 0) is 91.3 Å². The predicted molar refractivity (Wildman–Crippen MR) is 120 cm³/mol. The van der Waals surface area contributed by atoms with Crippen LogP contribution in [0.2, 0.25) is 0 Å². The standard InChI is InChI=1S/C26H46O4/c1-6-18-22-14-17(27)10-13-26(22,5)21-11-12-25(4,15-19(21)24(18)30)20(7-2)16(3)8-9-23(28)29/h16-22,24,27,30H,6-15H2,1-5H3,(H,28,29). The van der Waals surface area contributed by atoms with Gasteiger partial charge in [0.1, 0.15) is 0 Å². The SMILES string of the molecule is CCC1C(O)C2CC(C)(C(CC)C(C)CCC(=O)O)CCC2C2(C)CCC(O)CC12. The number of hydrogen-bond donors (Lipinski definition) is 3. The van der Waals surface area contributed by atoms with Crippen LogP contribution in [0.5, 0.6) is 0 Å². The minimum absolute atomic E-state index is 0.171.